The molecule has 0 unspecified atom stereocenters. The molecule has 2 aromatic heterocycles. The Bertz CT molecular complexity index is 1150. The molecule has 0 bridgehead atoms. The molecule has 0 aliphatic carbocycles. The molecule has 0 N–H and O–H groups in total. The van der Waals surface area contributed by atoms with Crippen molar-refractivity contribution in [3.63, 3.8) is 0 Å². The second-order valence-electron chi connectivity index (χ2n) is 5.81. The second-order valence-corrected chi connectivity index (χ2v) is 5.81. The number of nitrogens with zero attached hydrogens (tertiary/aromatic N) is 2. The smallest absolute Gasteiger partial charge is 0.136 e. The summed E-state index contributed by atoms with van der Waals surface area (Å²) in [5.41, 5.74) is 5.16. The molecule has 0 aliphatic rings. The molecule has 24 heavy (non-hydrogen) atoms. The molecule has 0 spiro atoms. The first-order valence-corrected chi connectivity index (χ1v) is 7.90. The van der Waals surface area contributed by atoms with Crippen molar-refractivity contribution in [3.8, 4) is 16.8 Å². The number of benzene rings is 3. The van der Waals surface area contributed by atoms with E-state index in [2.05, 4.69) is 53.6 Å². The van der Waals surface area contributed by atoms with Crippen LogP contribution >= 0.6 is 0 Å². The lowest BCUT2D eigenvalue weighted by molar-refractivity contribution is 0.669. The Hall–Kier alpha value is -3.33. The summed E-state index contributed by atoms with van der Waals surface area (Å²) in [4.78, 5) is 0. The number of rotatable bonds is 2. The van der Waals surface area contributed by atoms with Gasteiger partial charge in [0.2, 0.25) is 0 Å². The maximum Gasteiger partial charge on any atom is 0.136 e. The SMILES string of the molecule is c1cc(-c2ccc3c(c2)oc2ccccc23)cc(-n2cccn2)c1. The number of para-hydroxylation sites is 1. The highest BCUT2D eigenvalue weighted by atomic mass is 16.3. The Labute approximate surface area is 138 Å². The first-order valence-electron chi connectivity index (χ1n) is 7.90. The van der Waals surface area contributed by atoms with Gasteiger partial charge in [-0.15, -0.1) is 0 Å². The van der Waals surface area contributed by atoms with E-state index in [1.54, 1.807) is 6.20 Å². The molecule has 0 saturated carbocycles. The van der Waals surface area contributed by atoms with Crippen molar-refractivity contribution in [1.29, 1.82) is 0 Å². The van der Waals surface area contributed by atoms with E-state index in [1.165, 1.54) is 0 Å². The standard InChI is InChI=1S/C21H14N2O/c1-2-8-20-18(7-1)19-10-9-16(14-21(19)24-20)15-5-3-6-17(13-15)23-12-4-11-22-23/h1-14H. The molecule has 3 heteroatoms. The Kier molecular flexibility index (Phi) is 2.79. The van der Waals surface area contributed by atoms with E-state index in [9.17, 15) is 0 Å². The van der Waals surface area contributed by atoms with E-state index >= 15 is 0 Å². The molecular weight excluding hydrogens is 296 g/mol. The fourth-order valence-electron chi connectivity index (χ4n) is 3.15. The van der Waals surface area contributed by atoms with Crippen molar-refractivity contribution in [2.45, 2.75) is 0 Å². The summed E-state index contributed by atoms with van der Waals surface area (Å²) in [5, 5.41) is 6.61. The van der Waals surface area contributed by atoms with Gasteiger partial charge >= 0.3 is 0 Å². The van der Waals surface area contributed by atoms with Gasteiger partial charge in [-0.25, -0.2) is 4.68 Å². The first kappa shape index (κ1) is 13.1. The van der Waals surface area contributed by atoms with Gasteiger partial charge in [-0.05, 0) is 47.5 Å². The lowest BCUT2D eigenvalue weighted by Crippen LogP contribution is -1.93. The van der Waals surface area contributed by atoms with Crippen LogP contribution in [0.5, 0.6) is 0 Å². The van der Waals surface area contributed by atoms with Crippen LogP contribution < -0.4 is 0 Å². The number of hydrogen-bond donors (Lipinski definition) is 0. The number of furan rings is 1. The van der Waals surface area contributed by atoms with Gasteiger partial charge in [0, 0.05) is 23.2 Å². The van der Waals surface area contributed by atoms with Crippen LogP contribution in [0, 0.1) is 0 Å². The molecule has 0 amide bonds. The van der Waals surface area contributed by atoms with Gasteiger partial charge in [-0.3, -0.25) is 0 Å². The van der Waals surface area contributed by atoms with Gasteiger partial charge in [0.25, 0.3) is 0 Å². The molecule has 5 aromatic rings. The third kappa shape index (κ3) is 2.02. The van der Waals surface area contributed by atoms with E-state index < -0.39 is 0 Å². The van der Waals surface area contributed by atoms with E-state index in [-0.39, 0.29) is 0 Å². The largest absolute Gasteiger partial charge is 0.456 e. The molecule has 0 atom stereocenters. The van der Waals surface area contributed by atoms with Crippen molar-refractivity contribution < 1.29 is 4.42 Å². The molecule has 5 rings (SSSR count). The minimum Gasteiger partial charge on any atom is -0.456 e. The quantitative estimate of drug-likeness (QED) is 0.435. The molecule has 2 heterocycles. The number of fused-ring (bicyclic) bond motifs is 3. The first-order chi connectivity index (χ1) is 11.9. The van der Waals surface area contributed by atoms with E-state index in [0.717, 1.165) is 38.8 Å². The molecular formula is C21H14N2O. The molecule has 0 saturated heterocycles. The second kappa shape index (κ2) is 5.10. The predicted octanol–water partition coefficient (Wildman–Crippen LogP) is 5.44. The molecule has 114 valence electrons. The average molecular weight is 310 g/mol. The monoisotopic (exact) mass is 310 g/mol. The van der Waals surface area contributed by atoms with Gasteiger partial charge in [-0.1, -0.05) is 36.4 Å². The predicted molar refractivity (Wildman–Crippen MR) is 96.3 cm³/mol. The van der Waals surface area contributed by atoms with E-state index in [4.69, 9.17) is 4.42 Å². The van der Waals surface area contributed by atoms with Crippen molar-refractivity contribution in [1.82, 2.24) is 9.78 Å². The van der Waals surface area contributed by atoms with Crippen molar-refractivity contribution in [3.05, 3.63) is 85.2 Å². The summed E-state index contributed by atoms with van der Waals surface area (Å²) in [6.07, 6.45) is 3.73. The summed E-state index contributed by atoms with van der Waals surface area (Å²) in [6.45, 7) is 0. The molecule has 3 aromatic carbocycles. The van der Waals surface area contributed by atoms with Crippen LogP contribution in [0.3, 0.4) is 0 Å². The summed E-state index contributed by atoms with van der Waals surface area (Å²) in [5.74, 6) is 0. The van der Waals surface area contributed by atoms with Crippen LogP contribution in [-0.4, -0.2) is 9.78 Å². The Morgan fingerprint density at radius 3 is 2.50 bits per heavy atom. The molecule has 0 radical (unpaired) electrons. The summed E-state index contributed by atoms with van der Waals surface area (Å²) in [6, 6.07) is 24.8. The Morgan fingerprint density at radius 1 is 0.708 bits per heavy atom. The van der Waals surface area contributed by atoms with Gasteiger partial charge in [0.15, 0.2) is 0 Å². The minimum absolute atomic E-state index is 0.915. The zero-order chi connectivity index (χ0) is 15.9. The van der Waals surface area contributed by atoms with Gasteiger partial charge < -0.3 is 4.42 Å². The third-order valence-corrected chi connectivity index (χ3v) is 4.33. The van der Waals surface area contributed by atoms with Crippen molar-refractivity contribution in [2.24, 2.45) is 0 Å². The fourth-order valence-corrected chi connectivity index (χ4v) is 3.15. The summed E-state index contributed by atoms with van der Waals surface area (Å²) < 4.78 is 7.86. The van der Waals surface area contributed by atoms with E-state index in [0.29, 0.717) is 0 Å². The highest BCUT2D eigenvalue weighted by molar-refractivity contribution is 6.05. The van der Waals surface area contributed by atoms with Crippen LogP contribution in [0.15, 0.2) is 89.6 Å². The summed E-state index contributed by atoms with van der Waals surface area (Å²) in [7, 11) is 0. The van der Waals surface area contributed by atoms with Crippen molar-refractivity contribution >= 4 is 21.9 Å². The molecule has 3 nitrogen and oxygen atoms in total. The average Bonchev–Trinajstić information content (AvgIpc) is 3.29. The number of hydrogen-bond acceptors (Lipinski definition) is 2. The fraction of sp³-hybridized carbons (Fsp3) is 0. The van der Waals surface area contributed by atoms with Gasteiger partial charge in [0.1, 0.15) is 11.2 Å². The Morgan fingerprint density at radius 2 is 1.58 bits per heavy atom. The van der Waals surface area contributed by atoms with Crippen LogP contribution in [0.4, 0.5) is 0 Å². The van der Waals surface area contributed by atoms with Crippen LogP contribution in [-0.2, 0) is 0 Å². The van der Waals surface area contributed by atoms with E-state index in [1.807, 2.05) is 35.1 Å². The van der Waals surface area contributed by atoms with Crippen molar-refractivity contribution in [2.75, 3.05) is 0 Å². The minimum atomic E-state index is 0.915. The normalized spacial score (nSPS) is 11.3. The van der Waals surface area contributed by atoms with Crippen LogP contribution in [0.2, 0.25) is 0 Å². The van der Waals surface area contributed by atoms with Crippen LogP contribution in [0.25, 0.3) is 38.8 Å². The molecule has 0 aliphatic heterocycles. The lowest BCUT2D eigenvalue weighted by atomic mass is 10.0. The number of aromatic nitrogens is 2. The van der Waals surface area contributed by atoms with Crippen LogP contribution in [0.1, 0.15) is 0 Å². The Balaban J connectivity index is 1.66. The highest BCUT2D eigenvalue weighted by Gasteiger charge is 2.08. The lowest BCUT2D eigenvalue weighted by Gasteiger charge is -2.06. The maximum absolute atomic E-state index is 6.00. The highest BCUT2D eigenvalue weighted by Crippen LogP contribution is 2.32. The van der Waals surface area contributed by atoms with Gasteiger partial charge in [0.05, 0.1) is 5.69 Å². The molecule has 0 fully saturated rings. The third-order valence-electron chi connectivity index (χ3n) is 4.33. The maximum atomic E-state index is 6.00. The zero-order valence-electron chi connectivity index (χ0n) is 12.9. The summed E-state index contributed by atoms with van der Waals surface area (Å²) >= 11 is 0. The zero-order valence-corrected chi connectivity index (χ0v) is 12.9. The topological polar surface area (TPSA) is 31.0 Å². The van der Waals surface area contributed by atoms with Gasteiger partial charge in [-0.2, -0.15) is 5.10 Å².